The third kappa shape index (κ3) is 12.4. The molecule has 1 N–H and O–H groups in total. The van der Waals surface area contributed by atoms with Crippen LogP contribution in [0.1, 0.15) is 80.1 Å². The van der Waals surface area contributed by atoms with Crippen LogP contribution in [-0.2, 0) is 0 Å². The van der Waals surface area contributed by atoms with E-state index in [1.165, 1.54) is 37.1 Å². The lowest BCUT2D eigenvalue weighted by molar-refractivity contribution is 0.653. The average molecular weight is 324 g/mol. The van der Waals surface area contributed by atoms with Gasteiger partial charge in [0.25, 0.3) is 0 Å². The maximum absolute atomic E-state index is 4.80. The minimum Gasteiger partial charge on any atom is -0.315 e. The van der Waals surface area contributed by atoms with Crippen LogP contribution in [-0.4, -0.2) is 37.6 Å². The van der Waals surface area contributed by atoms with E-state index in [-0.39, 0.29) is 0 Å². The molecule has 0 rings (SSSR count). The third-order valence-electron chi connectivity index (χ3n) is 4.06. The SMILES string of the molecule is CCCCC(=NCCCNCCN=C(CCC)C(C)C)C(C)C. The Morgan fingerprint density at radius 1 is 0.739 bits per heavy atom. The van der Waals surface area contributed by atoms with Gasteiger partial charge in [-0.2, -0.15) is 0 Å². The molecule has 3 heteroatoms. The summed E-state index contributed by atoms with van der Waals surface area (Å²) in [6.45, 7) is 17.4. The molecule has 0 radical (unpaired) electrons. The fraction of sp³-hybridized carbons (Fsp3) is 0.900. The first kappa shape index (κ1) is 22.3. The Hall–Kier alpha value is -0.700. The third-order valence-corrected chi connectivity index (χ3v) is 4.06. The molecule has 0 aliphatic rings. The van der Waals surface area contributed by atoms with E-state index >= 15 is 0 Å². The van der Waals surface area contributed by atoms with E-state index < -0.39 is 0 Å². The van der Waals surface area contributed by atoms with E-state index in [1.54, 1.807) is 0 Å². The number of hydrogen-bond donors (Lipinski definition) is 1. The fourth-order valence-corrected chi connectivity index (χ4v) is 2.54. The molecule has 0 fully saturated rings. The van der Waals surface area contributed by atoms with Crippen LogP contribution < -0.4 is 5.32 Å². The second kappa shape index (κ2) is 14.9. The van der Waals surface area contributed by atoms with Gasteiger partial charge >= 0.3 is 0 Å². The van der Waals surface area contributed by atoms with Crippen molar-refractivity contribution in [1.29, 1.82) is 0 Å². The first-order valence-electron chi connectivity index (χ1n) is 9.79. The largest absolute Gasteiger partial charge is 0.315 e. The van der Waals surface area contributed by atoms with Crippen molar-refractivity contribution in [3.05, 3.63) is 0 Å². The zero-order chi connectivity index (χ0) is 17.5. The van der Waals surface area contributed by atoms with Gasteiger partial charge in [-0.1, -0.05) is 54.4 Å². The molecule has 0 aliphatic carbocycles. The molecule has 3 nitrogen and oxygen atoms in total. The molecule has 136 valence electrons. The highest BCUT2D eigenvalue weighted by atomic mass is 14.9. The highest BCUT2D eigenvalue weighted by molar-refractivity contribution is 5.86. The number of aliphatic imine (C=N–C) groups is 2. The van der Waals surface area contributed by atoms with Crippen LogP contribution in [0, 0.1) is 11.8 Å². The standard InChI is InChI=1S/C20H41N3/c1-7-9-12-20(18(5)6)22-14-10-13-21-15-16-23-19(11-8-2)17(3)4/h17-18,21H,7-16H2,1-6H3. The smallest absolute Gasteiger partial charge is 0.0513 e. The van der Waals surface area contributed by atoms with Gasteiger partial charge in [0.2, 0.25) is 0 Å². The van der Waals surface area contributed by atoms with Crippen LogP contribution >= 0.6 is 0 Å². The molecule has 0 atom stereocenters. The van der Waals surface area contributed by atoms with E-state index in [0.29, 0.717) is 11.8 Å². The van der Waals surface area contributed by atoms with E-state index in [0.717, 1.165) is 39.0 Å². The molecule has 0 aromatic rings. The van der Waals surface area contributed by atoms with Crippen molar-refractivity contribution < 1.29 is 0 Å². The molecule has 23 heavy (non-hydrogen) atoms. The molecular formula is C20H41N3. The van der Waals surface area contributed by atoms with Gasteiger partial charge in [0, 0.05) is 24.5 Å². The molecule has 0 heterocycles. The molecular weight excluding hydrogens is 282 g/mol. The summed E-state index contributed by atoms with van der Waals surface area (Å²) < 4.78 is 0. The molecule has 0 saturated heterocycles. The number of nitrogens with zero attached hydrogens (tertiary/aromatic N) is 2. The van der Waals surface area contributed by atoms with Gasteiger partial charge in [-0.15, -0.1) is 0 Å². The van der Waals surface area contributed by atoms with E-state index in [4.69, 9.17) is 9.98 Å². The molecule has 0 saturated carbocycles. The van der Waals surface area contributed by atoms with E-state index in [9.17, 15) is 0 Å². The van der Waals surface area contributed by atoms with Crippen molar-refractivity contribution in [3.63, 3.8) is 0 Å². The van der Waals surface area contributed by atoms with Crippen LogP contribution in [0.2, 0.25) is 0 Å². The first-order valence-corrected chi connectivity index (χ1v) is 9.79. The number of hydrogen-bond acceptors (Lipinski definition) is 3. The lowest BCUT2D eigenvalue weighted by Gasteiger charge is -2.10. The van der Waals surface area contributed by atoms with Gasteiger partial charge in [0.1, 0.15) is 0 Å². The van der Waals surface area contributed by atoms with Crippen LogP contribution in [0.4, 0.5) is 0 Å². The number of nitrogens with one attached hydrogen (secondary N) is 1. The van der Waals surface area contributed by atoms with E-state index in [2.05, 4.69) is 46.9 Å². The Morgan fingerprint density at radius 3 is 1.91 bits per heavy atom. The summed E-state index contributed by atoms with van der Waals surface area (Å²) in [5, 5.41) is 3.49. The number of unbranched alkanes of at least 4 members (excludes halogenated alkanes) is 1. The molecule has 0 amide bonds. The van der Waals surface area contributed by atoms with Crippen LogP contribution in [0.3, 0.4) is 0 Å². The summed E-state index contributed by atoms with van der Waals surface area (Å²) in [6, 6.07) is 0. The summed E-state index contributed by atoms with van der Waals surface area (Å²) >= 11 is 0. The monoisotopic (exact) mass is 323 g/mol. The summed E-state index contributed by atoms with van der Waals surface area (Å²) in [4.78, 5) is 9.55. The van der Waals surface area contributed by atoms with Crippen molar-refractivity contribution in [2.24, 2.45) is 21.8 Å². The summed E-state index contributed by atoms with van der Waals surface area (Å²) in [7, 11) is 0. The Morgan fingerprint density at radius 2 is 1.35 bits per heavy atom. The Balaban J connectivity index is 3.85. The van der Waals surface area contributed by atoms with Crippen molar-refractivity contribution in [2.45, 2.75) is 80.1 Å². The highest BCUT2D eigenvalue weighted by Gasteiger charge is 2.04. The van der Waals surface area contributed by atoms with Crippen molar-refractivity contribution in [2.75, 3.05) is 26.2 Å². The maximum atomic E-state index is 4.80. The van der Waals surface area contributed by atoms with Gasteiger partial charge in [0.05, 0.1) is 6.54 Å². The predicted octanol–water partition coefficient (Wildman–Crippen LogP) is 5.15. The Labute approximate surface area is 145 Å². The average Bonchev–Trinajstić information content (AvgIpc) is 2.50. The van der Waals surface area contributed by atoms with Crippen LogP contribution in [0.15, 0.2) is 9.98 Å². The zero-order valence-electron chi connectivity index (χ0n) is 16.6. The van der Waals surface area contributed by atoms with Gasteiger partial charge in [-0.25, -0.2) is 0 Å². The highest BCUT2D eigenvalue weighted by Crippen LogP contribution is 2.07. The van der Waals surface area contributed by atoms with Crippen molar-refractivity contribution in [1.82, 2.24) is 5.32 Å². The Bertz CT molecular complexity index is 330. The van der Waals surface area contributed by atoms with Gasteiger partial charge in [-0.05, 0) is 44.1 Å². The van der Waals surface area contributed by atoms with Crippen molar-refractivity contribution >= 4 is 11.4 Å². The second-order valence-electron chi connectivity index (χ2n) is 7.01. The Kier molecular flexibility index (Phi) is 14.4. The summed E-state index contributed by atoms with van der Waals surface area (Å²) in [5.41, 5.74) is 2.77. The lowest BCUT2D eigenvalue weighted by atomic mass is 10.0. The maximum Gasteiger partial charge on any atom is 0.0513 e. The summed E-state index contributed by atoms with van der Waals surface area (Å²) in [6.07, 6.45) is 7.15. The molecule has 0 aliphatic heterocycles. The molecule has 0 unspecified atom stereocenters. The van der Waals surface area contributed by atoms with Gasteiger partial charge in [0.15, 0.2) is 0 Å². The zero-order valence-corrected chi connectivity index (χ0v) is 16.6. The topological polar surface area (TPSA) is 36.8 Å². The predicted molar refractivity (Wildman–Crippen MR) is 106 cm³/mol. The molecule has 0 bridgehead atoms. The fourth-order valence-electron chi connectivity index (χ4n) is 2.54. The van der Waals surface area contributed by atoms with Crippen LogP contribution in [0.25, 0.3) is 0 Å². The van der Waals surface area contributed by atoms with Gasteiger partial charge < -0.3 is 5.32 Å². The quantitative estimate of drug-likeness (QED) is 0.348. The molecule has 0 aromatic heterocycles. The minimum absolute atomic E-state index is 0.585. The number of rotatable bonds is 14. The summed E-state index contributed by atoms with van der Waals surface area (Å²) in [5.74, 6) is 1.18. The molecule has 0 spiro atoms. The first-order chi connectivity index (χ1) is 11.0. The van der Waals surface area contributed by atoms with Crippen molar-refractivity contribution in [3.8, 4) is 0 Å². The van der Waals surface area contributed by atoms with E-state index in [1.807, 2.05) is 0 Å². The normalized spacial score (nSPS) is 13.4. The van der Waals surface area contributed by atoms with Gasteiger partial charge in [-0.3, -0.25) is 9.98 Å². The van der Waals surface area contributed by atoms with Crippen LogP contribution in [0.5, 0.6) is 0 Å². The second-order valence-corrected chi connectivity index (χ2v) is 7.01. The lowest BCUT2D eigenvalue weighted by Crippen LogP contribution is -2.21. The molecule has 0 aromatic carbocycles. The minimum atomic E-state index is 0.585.